The number of thiophene rings is 1. The molecule has 1 heterocycles. The highest BCUT2D eigenvalue weighted by molar-refractivity contribution is 7.10. The first kappa shape index (κ1) is 17.3. The van der Waals surface area contributed by atoms with Crippen LogP contribution in [0.5, 0.6) is 0 Å². The van der Waals surface area contributed by atoms with Crippen molar-refractivity contribution in [2.45, 2.75) is 13.0 Å². The van der Waals surface area contributed by atoms with Gasteiger partial charge in [-0.1, -0.05) is 35.9 Å². The summed E-state index contributed by atoms with van der Waals surface area (Å²) in [5, 5.41) is 8.12. The minimum Gasteiger partial charge on any atom is -0.325 e. The van der Waals surface area contributed by atoms with Crippen LogP contribution in [0.3, 0.4) is 0 Å². The van der Waals surface area contributed by atoms with Gasteiger partial charge in [0.05, 0.1) is 12.6 Å². The quantitative estimate of drug-likeness (QED) is 0.684. The Morgan fingerprint density at radius 3 is 2.44 bits per heavy atom. The predicted molar refractivity (Wildman–Crippen MR) is 100 cm³/mol. The highest BCUT2D eigenvalue weighted by atomic mass is 32.1. The molecule has 25 heavy (non-hydrogen) atoms. The smallest absolute Gasteiger partial charge is 0.238 e. The maximum absolute atomic E-state index is 13.2. The number of benzene rings is 2. The van der Waals surface area contributed by atoms with Crippen LogP contribution >= 0.6 is 11.3 Å². The van der Waals surface area contributed by atoms with Gasteiger partial charge in [-0.05, 0) is 48.2 Å². The van der Waals surface area contributed by atoms with Gasteiger partial charge in [0.25, 0.3) is 0 Å². The van der Waals surface area contributed by atoms with Crippen molar-refractivity contribution in [3.05, 3.63) is 87.9 Å². The lowest BCUT2D eigenvalue weighted by Crippen LogP contribution is -2.31. The first-order valence-electron chi connectivity index (χ1n) is 8.00. The van der Waals surface area contributed by atoms with Gasteiger partial charge in [-0.2, -0.15) is 0 Å². The number of hydrogen-bond acceptors (Lipinski definition) is 3. The van der Waals surface area contributed by atoms with Gasteiger partial charge in [0, 0.05) is 10.6 Å². The number of aryl methyl sites for hydroxylation is 1. The summed E-state index contributed by atoms with van der Waals surface area (Å²) in [6.07, 6.45) is 0. The van der Waals surface area contributed by atoms with Crippen LogP contribution in [-0.4, -0.2) is 12.5 Å². The van der Waals surface area contributed by atoms with E-state index in [1.165, 1.54) is 12.1 Å². The fourth-order valence-electron chi connectivity index (χ4n) is 2.53. The normalized spacial score (nSPS) is 11.9. The summed E-state index contributed by atoms with van der Waals surface area (Å²) in [4.78, 5) is 13.3. The largest absolute Gasteiger partial charge is 0.325 e. The Kier molecular flexibility index (Phi) is 5.58. The van der Waals surface area contributed by atoms with E-state index >= 15 is 0 Å². The van der Waals surface area contributed by atoms with Crippen molar-refractivity contribution < 1.29 is 9.18 Å². The number of nitrogens with one attached hydrogen (secondary N) is 2. The Hall–Kier alpha value is -2.50. The molecule has 3 rings (SSSR count). The number of halogens is 1. The monoisotopic (exact) mass is 354 g/mol. The summed E-state index contributed by atoms with van der Waals surface area (Å²) >= 11 is 1.60. The molecule has 0 radical (unpaired) electrons. The number of anilines is 1. The first-order valence-corrected chi connectivity index (χ1v) is 8.88. The number of rotatable bonds is 6. The van der Waals surface area contributed by atoms with Gasteiger partial charge >= 0.3 is 0 Å². The minimum atomic E-state index is -0.272. The van der Waals surface area contributed by atoms with E-state index in [0.717, 1.165) is 21.7 Å². The van der Waals surface area contributed by atoms with Crippen molar-refractivity contribution in [2.75, 3.05) is 11.9 Å². The van der Waals surface area contributed by atoms with Gasteiger partial charge in [-0.3, -0.25) is 10.1 Å². The van der Waals surface area contributed by atoms with Crippen LogP contribution in [-0.2, 0) is 4.79 Å². The standard InChI is InChI=1S/C20H19FN2OS/c1-14-4-10-17(11-5-14)23-19(24)13-22-20(18-3-2-12-25-18)15-6-8-16(21)9-7-15/h2-12,20,22H,13H2,1H3,(H,23,24)/t20-/m1/s1. The van der Waals surface area contributed by atoms with Gasteiger partial charge in [-0.15, -0.1) is 11.3 Å². The Labute approximate surface area is 150 Å². The van der Waals surface area contributed by atoms with Crippen molar-refractivity contribution in [1.29, 1.82) is 0 Å². The van der Waals surface area contributed by atoms with Crippen LogP contribution in [0.25, 0.3) is 0 Å². The second kappa shape index (κ2) is 8.05. The molecule has 2 aromatic carbocycles. The Morgan fingerprint density at radius 1 is 1.08 bits per heavy atom. The summed E-state index contributed by atoms with van der Waals surface area (Å²) in [5.74, 6) is -0.390. The number of carbonyl (C=O) groups excluding carboxylic acids is 1. The van der Waals surface area contributed by atoms with Gasteiger partial charge in [0.2, 0.25) is 5.91 Å². The lowest BCUT2D eigenvalue weighted by Gasteiger charge is -2.18. The van der Waals surface area contributed by atoms with Crippen LogP contribution in [0.4, 0.5) is 10.1 Å². The zero-order valence-electron chi connectivity index (χ0n) is 13.8. The number of hydrogen-bond donors (Lipinski definition) is 2. The highest BCUT2D eigenvalue weighted by Crippen LogP contribution is 2.26. The fraction of sp³-hybridized carbons (Fsp3) is 0.150. The van der Waals surface area contributed by atoms with Crippen molar-refractivity contribution in [3.63, 3.8) is 0 Å². The summed E-state index contributed by atoms with van der Waals surface area (Å²) in [6.45, 7) is 2.16. The molecule has 1 amide bonds. The molecule has 0 unspecified atom stereocenters. The molecule has 1 aromatic heterocycles. The molecule has 0 bridgehead atoms. The molecule has 1 atom stereocenters. The molecular formula is C20H19FN2OS. The van der Waals surface area contributed by atoms with Crippen LogP contribution in [0, 0.1) is 12.7 Å². The van der Waals surface area contributed by atoms with Crippen molar-refractivity contribution in [2.24, 2.45) is 0 Å². The molecule has 0 saturated carbocycles. The van der Waals surface area contributed by atoms with Crippen molar-refractivity contribution >= 4 is 22.9 Å². The van der Waals surface area contributed by atoms with Crippen LogP contribution in [0.15, 0.2) is 66.0 Å². The van der Waals surface area contributed by atoms with E-state index in [-0.39, 0.29) is 24.3 Å². The number of carbonyl (C=O) groups is 1. The van der Waals surface area contributed by atoms with Crippen LogP contribution in [0.1, 0.15) is 22.0 Å². The third-order valence-corrected chi connectivity index (χ3v) is 4.77. The van der Waals surface area contributed by atoms with Gasteiger partial charge in [-0.25, -0.2) is 4.39 Å². The average molecular weight is 354 g/mol. The molecule has 0 aliphatic carbocycles. The van der Waals surface area contributed by atoms with Crippen molar-refractivity contribution in [3.8, 4) is 0 Å². The molecule has 128 valence electrons. The first-order chi connectivity index (χ1) is 12.1. The Morgan fingerprint density at radius 2 is 1.80 bits per heavy atom. The molecule has 2 N–H and O–H groups in total. The Balaban J connectivity index is 1.67. The zero-order valence-corrected chi connectivity index (χ0v) is 14.6. The van der Waals surface area contributed by atoms with Crippen molar-refractivity contribution in [1.82, 2.24) is 5.32 Å². The third-order valence-electron chi connectivity index (χ3n) is 3.83. The molecular weight excluding hydrogens is 335 g/mol. The SMILES string of the molecule is Cc1ccc(NC(=O)CN[C@H](c2ccc(F)cc2)c2cccs2)cc1. The van der Waals surface area contributed by atoms with Crippen LogP contribution < -0.4 is 10.6 Å². The molecule has 5 heteroatoms. The van der Waals surface area contributed by atoms with E-state index in [1.807, 2.05) is 48.7 Å². The van der Waals surface area contributed by atoms with E-state index in [2.05, 4.69) is 10.6 Å². The lowest BCUT2D eigenvalue weighted by atomic mass is 10.1. The topological polar surface area (TPSA) is 41.1 Å². The molecule has 0 aliphatic rings. The maximum atomic E-state index is 13.2. The average Bonchev–Trinajstić information content (AvgIpc) is 3.13. The second-order valence-electron chi connectivity index (χ2n) is 5.80. The van der Waals surface area contributed by atoms with Gasteiger partial charge in [0.15, 0.2) is 0 Å². The Bertz CT molecular complexity index is 814. The van der Waals surface area contributed by atoms with Gasteiger partial charge in [0.1, 0.15) is 5.82 Å². The van der Waals surface area contributed by atoms with E-state index in [9.17, 15) is 9.18 Å². The predicted octanol–water partition coefficient (Wildman–Crippen LogP) is 4.51. The molecule has 3 nitrogen and oxygen atoms in total. The zero-order chi connectivity index (χ0) is 17.6. The highest BCUT2D eigenvalue weighted by Gasteiger charge is 2.16. The summed E-state index contributed by atoms with van der Waals surface area (Å²) in [6, 6.07) is 17.8. The molecule has 3 aromatic rings. The van der Waals surface area contributed by atoms with Crippen LogP contribution in [0.2, 0.25) is 0 Å². The molecule has 0 aliphatic heterocycles. The summed E-state index contributed by atoms with van der Waals surface area (Å²) in [7, 11) is 0. The fourth-order valence-corrected chi connectivity index (χ4v) is 3.36. The molecule has 0 spiro atoms. The maximum Gasteiger partial charge on any atom is 0.238 e. The van der Waals surface area contributed by atoms with E-state index in [4.69, 9.17) is 0 Å². The van der Waals surface area contributed by atoms with E-state index < -0.39 is 0 Å². The summed E-state index contributed by atoms with van der Waals surface area (Å²) < 4.78 is 13.2. The summed E-state index contributed by atoms with van der Waals surface area (Å²) in [5.41, 5.74) is 2.84. The minimum absolute atomic E-state index is 0.118. The molecule has 0 saturated heterocycles. The lowest BCUT2D eigenvalue weighted by molar-refractivity contribution is -0.115. The van der Waals surface area contributed by atoms with E-state index in [1.54, 1.807) is 23.5 Å². The van der Waals surface area contributed by atoms with E-state index in [0.29, 0.717) is 0 Å². The number of amides is 1. The second-order valence-corrected chi connectivity index (χ2v) is 6.77. The van der Waals surface area contributed by atoms with Gasteiger partial charge < -0.3 is 5.32 Å². The molecule has 0 fully saturated rings. The third kappa shape index (κ3) is 4.75.